The Labute approximate surface area is 103 Å². The minimum Gasteiger partial charge on any atom is -0.357 e. The van der Waals surface area contributed by atoms with Crippen LogP contribution in [0.4, 0.5) is 0 Å². The van der Waals surface area contributed by atoms with Gasteiger partial charge in [-0.05, 0) is 38.5 Å². The van der Waals surface area contributed by atoms with Gasteiger partial charge in [0.2, 0.25) is 11.8 Å². The van der Waals surface area contributed by atoms with Crippen molar-refractivity contribution >= 4 is 11.8 Å². The van der Waals surface area contributed by atoms with Crippen LogP contribution >= 0.6 is 0 Å². The quantitative estimate of drug-likeness (QED) is 0.655. The zero-order chi connectivity index (χ0) is 12.8. The average molecular weight is 241 g/mol. The maximum Gasteiger partial charge on any atom is 0.242 e. The Hall–Kier alpha value is -1.10. The lowest BCUT2D eigenvalue weighted by Gasteiger charge is -2.25. The van der Waals surface area contributed by atoms with Crippen LogP contribution in [0.15, 0.2) is 0 Å². The zero-order valence-electron chi connectivity index (χ0n) is 10.7. The second kappa shape index (κ2) is 6.59. The molecule has 0 aliphatic heterocycles. The Morgan fingerprint density at radius 2 is 1.88 bits per heavy atom. The monoisotopic (exact) mass is 241 g/mol. The Morgan fingerprint density at radius 3 is 2.41 bits per heavy atom. The number of nitrogens with one attached hydrogen (secondary N) is 2. The molecule has 5 heteroatoms. The molecule has 4 N–H and O–H groups in total. The summed E-state index contributed by atoms with van der Waals surface area (Å²) < 4.78 is 0. The third kappa shape index (κ3) is 4.73. The summed E-state index contributed by atoms with van der Waals surface area (Å²) in [6.07, 6.45) is 4.55. The van der Waals surface area contributed by atoms with Gasteiger partial charge in [0.05, 0.1) is 0 Å². The molecule has 5 nitrogen and oxygen atoms in total. The maximum absolute atomic E-state index is 11.7. The van der Waals surface area contributed by atoms with Crippen molar-refractivity contribution in [3.05, 3.63) is 0 Å². The summed E-state index contributed by atoms with van der Waals surface area (Å²) in [6.45, 7) is 1.69. The highest BCUT2D eigenvalue weighted by Gasteiger charge is 2.22. The molecule has 1 unspecified atom stereocenters. The molecule has 0 saturated heterocycles. The fraction of sp³-hybridized carbons (Fsp3) is 0.833. The first-order valence-electron chi connectivity index (χ1n) is 6.29. The summed E-state index contributed by atoms with van der Waals surface area (Å²) in [4.78, 5) is 22.9. The highest BCUT2D eigenvalue weighted by Crippen LogP contribution is 2.25. The summed E-state index contributed by atoms with van der Waals surface area (Å²) in [6, 6.07) is -0.155. The maximum atomic E-state index is 11.7. The summed E-state index contributed by atoms with van der Waals surface area (Å²) in [7, 11) is 1.56. The average Bonchev–Trinajstić information content (AvgIpc) is 2.30. The largest absolute Gasteiger partial charge is 0.357 e. The van der Waals surface area contributed by atoms with Crippen molar-refractivity contribution in [2.45, 2.75) is 51.1 Å². The first-order chi connectivity index (χ1) is 8.02. The predicted molar refractivity (Wildman–Crippen MR) is 66.2 cm³/mol. The van der Waals surface area contributed by atoms with Crippen LogP contribution < -0.4 is 16.4 Å². The van der Waals surface area contributed by atoms with Crippen LogP contribution in [-0.4, -0.2) is 30.9 Å². The van der Waals surface area contributed by atoms with Crippen molar-refractivity contribution in [1.29, 1.82) is 0 Å². The molecule has 0 aromatic heterocycles. The van der Waals surface area contributed by atoms with Crippen molar-refractivity contribution in [2.24, 2.45) is 11.7 Å². The fourth-order valence-corrected chi connectivity index (χ4v) is 2.24. The van der Waals surface area contributed by atoms with Crippen molar-refractivity contribution in [3.63, 3.8) is 0 Å². The van der Waals surface area contributed by atoms with Gasteiger partial charge in [0.1, 0.15) is 6.04 Å². The minimum atomic E-state index is -0.460. The number of nitrogens with two attached hydrogens (primary N) is 1. The number of hydrogen-bond donors (Lipinski definition) is 3. The predicted octanol–water partition coefficient (Wildman–Crippen LogP) is 0.145. The number of carbonyl (C=O) groups is 2. The van der Waals surface area contributed by atoms with E-state index in [0.717, 1.165) is 25.7 Å². The summed E-state index contributed by atoms with van der Waals surface area (Å²) in [5.74, 6) is 0.220. The van der Waals surface area contributed by atoms with Crippen LogP contribution in [0.1, 0.15) is 39.0 Å². The topological polar surface area (TPSA) is 84.2 Å². The van der Waals surface area contributed by atoms with E-state index in [0.29, 0.717) is 18.4 Å². The van der Waals surface area contributed by atoms with E-state index in [4.69, 9.17) is 5.73 Å². The summed E-state index contributed by atoms with van der Waals surface area (Å²) in [5, 5.41) is 5.22. The first kappa shape index (κ1) is 14.0. The number of likely N-dealkylation sites (N-methyl/N-ethyl adjacent to an activating group) is 1. The summed E-state index contributed by atoms with van der Waals surface area (Å²) >= 11 is 0. The second-order valence-corrected chi connectivity index (χ2v) is 4.89. The van der Waals surface area contributed by atoms with E-state index < -0.39 is 6.04 Å². The van der Waals surface area contributed by atoms with Crippen LogP contribution in [0.25, 0.3) is 0 Å². The van der Waals surface area contributed by atoms with Crippen LogP contribution in [0.2, 0.25) is 0 Å². The molecule has 1 aliphatic rings. The molecule has 2 amide bonds. The lowest BCUT2D eigenvalue weighted by atomic mass is 9.84. The highest BCUT2D eigenvalue weighted by atomic mass is 16.2. The van der Waals surface area contributed by atoms with Gasteiger partial charge in [0, 0.05) is 19.5 Å². The van der Waals surface area contributed by atoms with E-state index in [1.807, 2.05) is 0 Å². The third-order valence-electron chi connectivity index (χ3n) is 3.38. The Balaban J connectivity index is 2.27. The lowest BCUT2D eigenvalue weighted by molar-refractivity contribution is -0.128. The van der Waals surface area contributed by atoms with Gasteiger partial charge in [-0.3, -0.25) is 9.59 Å². The van der Waals surface area contributed by atoms with Gasteiger partial charge >= 0.3 is 0 Å². The van der Waals surface area contributed by atoms with E-state index in [1.165, 1.54) is 0 Å². The van der Waals surface area contributed by atoms with E-state index >= 15 is 0 Å². The zero-order valence-corrected chi connectivity index (χ0v) is 10.7. The molecule has 0 spiro atoms. The molecule has 0 heterocycles. The van der Waals surface area contributed by atoms with Crippen molar-refractivity contribution in [2.75, 3.05) is 7.05 Å². The SMILES string of the molecule is CNC(=O)C(C)NC(=O)CC1CCC(N)CC1. The fourth-order valence-electron chi connectivity index (χ4n) is 2.24. The van der Waals surface area contributed by atoms with Crippen LogP contribution in [0.5, 0.6) is 0 Å². The van der Waals surface area contributed by atoms with Crippen LogP contribution in [0, 0.1) is 5.92 Å². The van der Waals surface area contributed by atoms with Gasteiger partial charge in [0.25, 0.3) is 0 Å². The Morgan fingerprint density at radius 1 is 1.29 bits per heavy atom. The number of hydrogen-bond acceptors (Lipinski definition) is 3. The first-order valence-corrected chi connectivity index (χ1v) is 6.29. The van der Waals surface area contributed by atoms with Crippen LogP contribution in [0.3, 0.4) is 0 Å². The van der Waals surface area contributed by atoms with Gasteiger partial charge in [-0.25, -0.2) is 0 Å². The molecule has 0 aromatic carbocycles. The summed E-state index contributed by atoms with van der Waals surface area (Å²) in [5.41, 5.74) is 5.81. The minimum absolute atomic E-state index is 0.0402. The molecule has 1 rings (SSSR count). The molecule has 1 aliphatic carbocycles. The van der Waals surface area contributed by atoms with Crippen molar-refractivity contribution in [1.82, 2.24) is 10.6 Å². The van der Waals surface area contributed by atoms with E-state index in [1.54, 1.807) is 14.0 Å². The number of amides is 2. The van der Waals surface area contributed by atoms with Gasteiger partial charge in [-0.15, -0.1) is 0 Å². The van der Waals surface area contributed by atoms with Gasteiger partial charge in [-0.1, -0.05) is 0 Å². The van der Waals surface area contributed by atoms with E-state index in [-0.39, 0.29) is 11.8 Å². The molecular weight excluding hydrogens is 218 g/mol. The number of rotatable bonds is 4. The molecule has 0 aromatic rings. The Bertz CT molecular complexity index is 273. The van der Waals surface area contributed by atoms with Gasteiger partial charge in [0.15, 0.2) is 0 Å². The standard InChI is InChI=1S/C12H23N3O2/c1-8(12(17)14-2)15-11(16)7-9-3-5-10(13)6-4-9/h8-10H,3-7,13H2,1-2H3,(H,14,17)(H,15,16). The van der Waals surface area contributed by atoms with Crippen molar-refractivity contribution in [3.8, 4) is 0 Å². The molecule has 1 saturated carbocycles. The van der Waals surface area contributed by atoms with Crippen LogP contribution in [-0.2, 0) is 9.59 Å². The molecule has 98 valence electrons. The van der Waals surface area contributed by atoms with Crippen molar-refractivity contribution < 1.29 is 9.59 Å². The molecule has 1 fully saturated rings. The second-order valence-electron chi connectivity index (χ2n) is 4.89. The lowest BCUT2D eigenvalue weighted by Crippen LogP contribution is -2.44. The smallest absolute Gasteiger partial charge is 0.242 e. The van der Waals surface area contributed by atoms with E-state index in [9.17, 15) is 9.59 Å². The molecular formula is C12H23N3O2. The highest BCUT2D eigenvalue weighted by molar-refractivity contribution is 5.87. The Kier molecular flexibility index (Phi) is 5.41. The van der Waals surface area contributed by atoms with Gasteiger partial charge in [-0.2, -0.15) is 0 Å². The van der Waals surface area contributed by atoms with E-state index in [2.05, 4.69) is 10.6 Å². The third-order valence-corrected chi connectivity index (χ3v) is 3.38. The normalized spacial score (nSPS) is 26.1. The molecule has 0 radical (unpaired) electrons. The molecule has 0 bridgehead atoms. The van der Waals surface area contributed by atoms with Gasteiger partial charge < -0.3 is 16.4 Å². The number of carbonyl (C=O) groups excluding carboxylic acids is 2. The molecule has 1 atom stereocenters. The molecule has 17 heavy (non-hydrogen) atoms.